The van der Waals surface area contributed by atoms with Crippen LogP contribution in [0.15, 0.2) is 18.2 Å². The largest absolute Gasteiger partial charge is 0.493 e. The van der Waals surface area contributed by atoms with Crippen LogP contribution in [0.5, 0.6) is 11.5 Å². The lowest BCUT2D eigenvalue weighted by molar-refractivity contribution is 0.294. The molecule has 0 aliphatic rings. The smallest absolute Gasteiger partial charge is 0.260 e. The summed E-state index contributed by atoms with van der Waals surface area (Å²) >= 11 is 0. The molecule has 0 saturated carbocycles. The van der Waals surface area contributed by atoms with Crippen LogP contribution in [-0.4, -0.2) is 34.0 Å². The van der Waals surface area contributed by atoms with E-state index in [0.29, 0.717) is 18.9 Å². The number of nitrogens with zero attached hydrogens (tertiary/aromatic N) is 4. The Morgan fingerprint density at radius 2 is 2.20 bits per heavy atom. The number of hydrogen-bond acceptors (Lipinski definition) is 7. The van der Waals surface area contributed by atoms with Gasteiger partial charge in [-0.2, -0.15) is 0 Å². The molecule has 0 bridgehead atoms. The van der Waals surface area contributed by atoms with E-state index in [4.69, 9.17) is 15.2 Å². The number of aromatic nitrogens is 4. The van der Waals surface area contributed by atoms with E-state index >= 15 is 0 Å². The fourth-order valence-corrected chi connectivity index (χ4v) is 1.63. The Hall–Kier alpha value is -2.51. The van der Waals surface area contributed by atoms with Gasteiger partial charge in [-0.25, -0.2) is 0 Å². The van der Waals surface area contributed by atoms with Gasteiger partial charge in [-0.05, 0) is 34.5 Å². The third kappa shape index (κ3) is 3.28. The van der Waals surface area contributed by atoms with Crippen LogP contribution >= 0.6 is 0 Å². The first-order valence-electron chi connectivity index (χ1n) is 6.32. The van der Waals surface area contributed by atoms with Gasteiger partial charge in [-0.15, -0.1) is 4.79 Å². The van der Waals surface area contributed by atoms with Gasteiger partial charge in [-0.3, -0.25) is 0 Å². The first kappa shape index (κ1) is 13.9. The minimum absolute atomic E-state index is 0.208. The van der Waals surface area contributed by atoms with Crippen molar-refractivity contribution in [2.75, 3.05) is 24.9 Å². The Morgan fingerprint density at radius 1 is 1.35 bits per heavy atom. The molecule has 108 valence electrons. The molecule has 0 aliphatic carbocycles. The van der Waals surface area contributed by atoms with Crippen molar-refractivity contribution in [2.45, 2.75) is 19.9 Å². The maximum Gasteiger partial charge on any atom is 0.260 e. The molecule has 2 rings (SSSR count). The van der Waals surface area contributed by atoms with E-state index in [9.17, 15) is 0 Å². The lowest BCUT2D eigenvalue weighted by Gasteiger charge is -2.12. The number of hydrogen-bond donors (Lipinski definition) is 2. The Bertz CT molecular complexity index is 557. The topological polar surface area (TPSA) is 100 Å². The first-order chi connectivity index (χ1) is 9.74. The van der Waals surface area contributed by atoms with Crippen molar-refractivity contribution in [2.24, 2.45) is 0 Å². The van der Waals surface area contributed by atoms with Crippen LogP contribution in [0.3, 0.4) is 0 Å². The van der Waals surface area contributed by atoms with Gasteiger partial charge in [0.25, 0.3) is 5.95 Å². The second-order valence-corrected chi connectivity index (χ2v) is 4.12. The summed E-state index contributed by atoms with van der Waals surface area (Å²) in [6.07, 6.45) is 0.949. The quantitative estimate of drug-likeness (QED) is 0.772. The number of methoxy groups -OCH3 is 1. The van der Waals surface area contributed by atoms with Crippen molar-refractivity contribution in [3.63, 3.8) is 0 Å². The highest BCUT2D eigenvalue weighted by molar-refractivity contribution is 5.43. The number of nitrogens with one attached hydrogen (secondary N) is 1. The van der Waals surface area contributed by atoms with Gasteiger partial charge in [0.15, 0.2) is 11.5 Å². The van der Waals surface area contributed by atoms with Crippen molar-refractivity contribution in [3.8, 4) is 11.5 Å². The minimum Gasteiger partial charge on any atom is -0.493 e. The SMILES string of the molecule is CCCOc1ccc(CNn2nnnc2N)cc1OC. The molecule has 20 heavy (non-hydrogen) atoms. The number of rotatable bonds is 7. The van der Waals surface area contributed by atoms with E-state index in [0.717, 1.165) is 17.7 Å². The zero-order valence-corrected chi connectivity index (χ0v) is 11.5. The summed E-state index contributed by atoms with van der Waals surface area (Å²) in [5.74, 6) is 1.64. The van der Waals surface area contributed by atoms with Gasteiger partial charge in [-0.1, -0.05) is 18.1 Å². The average Bonchev–Trinajstić information content (AvgIpc) is 2.88. The van der Waals surface area contributed by atoms with Crippen LogP contribution in [0.2, 0.25) is 0 Å². The standard InChI is InChI=1S/C12H18N6O2/c1-3-6-20-10-5-4-9(7-11(10)19-2)8-14-18-12(13)15-16-17-18/h4-5,7,14H,3,6,8H2,1-2H3,(H2,13,15,17). The minimum atomic E-state index is 0.208. The van der Waals surface area contributed by atoms with Crippen LogP contribution in [-0.2, 0) is 6.54 Å². The fraction of sp³-hybridized carbons (Fsp3) is 0.417. The third-order valence-electron chi connectivity index (χ3n) is 2.62. The Balaban J connectivity index is 2.03. The van der Waals surface area contributed by atoms with Crippen molar-refractivity contribution >= 4 is 5.95 Å². The number of ether oxygens (including phenoxy) is 2. The van der Waals surface area contributed by atoms with Crippen molar-refractivity contribution in [1.29, 1.82) is 0 Å². The highest BCUT2D eigenvalue weighted by Crippen LogP contribution is 2.28. The zero-order valence-electron chi connectivity index (χ0n) is 11.5. The van der Waals surface area contributed by atoms with Crippen molar-refractivity contribution in [3.05, 3.63) is 23.8 Å². The van der Waals surface area contributed by atoms with E-state index in [-0.39, 0.29) is 5.95 Å². The van der Waals surface area contributed by atoms with Gasteiger partial charge < -0.3 is 20.6 Å². The van der Waals surface area contributed by atoms with Gasteiger partial charge in [0.2, 0.25) is 0 Å². The molecule has 8 heteroatoms. The number of nitrogens with two attached hydrogens (primary N) is 1. The summed E-state index contributed by atoms with van der Waals surface area (Å²) in [6.45, 7) is 3.23. The lowest BCUT2D eigenvalue weighted by atomic mass is 10.2. The Morgan fingerprint density at radius 3 is 2.85 bits per heavy atom. The molecule has 0 atom stereocenters. The van der Waals surface area contributed by atoms with Gasteiger partial charge >= 0.3 is 0 Å². The molecule has 1 aromatic heterocycles. The zero-order chi connectivity index (χ0) is 14.4. The van der Waals surface area contributed by atoms with E-state index in [2.05, 4.69) is 27.9 Å². The molecule has 0 spiro atoms. The number of tetrazole rings is 1. The van der Waals surface area contributed by atoms with Crippen LogP contribution in [0, 0.1) is 0 Å². The second-order valence-electron chi connectivity index (χ2n) is 4.12. The normalized spacial score (nSPS) is 10.3. The predicted octanol–water partition coefficient (Wildman–Crippen LogP) is 0.796. The fourth-order valence-electron chi connectivity index (χ4n) is 1.63. The number of anilines is 1. The molecule has 0 aliphatic heterocycles. The van der Waals surface area contributed by atoms with Crippen LogP contribution in [0.4, 0.5) is 5.95 Å². The highest BCUT2D eigenvalue weighted by Gasteiger charge is 2.06. The average molecular weight is 278 g/mol. The summed E-state index contributed by atoms with van der Waals surface area (Å²) in [5.41, 5.74) is 9.54. The van der Waals surface area contributed by atoms with Crippen LogP contribution in [0.1, 0.15) is 18.9 Å². The predicted molar refractivity (Wildman–Crippen MR) is 74.1 cm³/mol. The van der Waals surface area contributed by atoms with Gasteiger partial charge in [0.05, 0.1) is 20.3 Å². The van der Waals surface area contributed by atoms with Crippen LogP contribution in [0.25, 0.3) is 0 Å². The molecule has 1 aromatic carbocycles. The molecule has 2 aromatic rings. The van der Waals surface area contributed by atoms with Gasteiger partial charge in [0.1, 0.15) is 0 Å². The molecular weight excluding hydrogens is 260 g/mol. The monoisotopic (exact) mass is 278 g/mol. The molecule has 3 N–H and O–H groups in total. The maximum atomic E-state index is 5.60. The van der Waals surface area contributed by atoms with E-state index < -0.39 is 0 Å². The molecule has 0 radical (unpaired) electrons. The second kappa shape index (κ2) is 6.60. The molecule has 0 saturated heterocycles. The van der Waals surface area contributed by atoms with Crippen molar-refractivity contribution < 1.29 is 9.47 Å². The molecule has 8 nitrogen and oxygen atoms in total. The third-order valence-corrected chi connectivity index (χ3v) is 2.62. The summed E-state index contributed by atoms with van der Waals surface area (Å²) in [4.78, 5) is 1.31. The van der Waals surface area contributed by atoms with Gasteiger partial charge in [0, 0.05) is 0 Å². The molecule has 1 heterocycles. The van der Waals surface area contributed by atoms with E-state index in [1.54, 1.807) is 7.11 Å². The summed E-state index contributed by atoms with van der Waals surface area (Å²) in [7, 11) is 1.62. The highest BCUT2D eigenvalue weighted by atomic mass is 16.5. The molecular formula is C12H18N6O2. The number of benzene rings is 1. The van der Waals surface area contributed by atoms with E-state index in [1.807, 2.05) is 18.2 Å². The molecule has 0 amide bonds. The lowest BCUT2D eigenvalue weighted by Crippen LogP contribution is -2.18. The van der Waals surface area contributed by atoms with Crippen molar-refractivity contribution in [1.82, 2.24) is 20.3 Å². The van der Waals surface area contributed by atoms with E-state index in [1.165, 1.54) is 4.79 Å². The van der Waals surface area contributed by atoms with Crippen LogP contribution < -0.4 is 20.6 Å². The first-order valence-corrected chi connectivity index (χ1v) is 6.32. The molecule has 0 unspecified atom stereocenters. The molecule has 0 fully saturated rings. The summed E-state index contributed by atoms with van der Waals surface area (Å²) in [6, 6.07) is 5.73. The Labute approximate surface area is 116 Å². The summed E-state index contributed by atoms with van der Waals surface area (Å²) < 4.78 is 10.9. The summed E-state index contributed by atoms with van der Waals surface area (Å²) in [5, 5.41) is 10.7. The number of nitrogen functional groups attached to an aromatic ring is 1. The Kier molecular flexibility index (Phi) is 4.59. The maximum absolute atomic E-state index is 5.60.